The van der Waals surface area contributed by atoms with Crippen molar-refractivity contribution in [1.82, 2.24) is 10.2 Å². The molecule has 6 nitrogen and oxygen atoms in total. The summed E-state index contributed by atoms with van der Waals surface area (Å²) >= 11 is 1.73. The Labute approximate surface area is 168 Å². The molecule has 1 atom stereocenters. The lowest BCUT2D eigenvalue weighted by atomic mass is 10.1. The molecule has 1 unspecified atom stereocenters. The minimum Gasteiger partial charge on any atom is -0.349 e. The molecule has 2 amide bonds. The van der Waals surface area contributed by atoms with Gasteiger partial charge in [-0.3, -0.25) is 14.5 Å². The fraction of sp³-hybridized carbons (Fsp3) is 0.381. The molecule has 7 heteroatoms. The minimum atomic E-state index is -0.186. The third kappa shape index (κ3) is 4.15. The molecule has 3 heterocycles. The van der Waals surface area contributed by atoms with E-state index in [2.05, 4.69) is 32.8 Å². The second-order valence-corrected chi connectivity index (χ2v) is 8.05. The van der Waals surface area contributed by atoms with Crippen molar-refractivity contribution in [3.05, 3.63) is 52.7 Å². The second-order valence-electron chi connectivity index (χ2n) is 7.07. The molecule has 0 saturated carbocycles. The van der Waals surface area contributed by atoms with Crippen LogP contribution < -0.4 is 10.3 Å². The lowest BCUT2D eigenvalue weighted by Gasteiger charge is -2.27. The van der Waals surface area contributed by atoms with Crippen LogP contribution in [-0.4, -0.2) is 42.1 Å². The molecule has 1 aromatic heterocycles. The van der Waals surface area contributed by atoms with Crippen molar-refractivity contribution < 1.29 is 9.59 Å². The summed E-state index contributed by atoms with van der Waals surface area (Å²) < 4.78 is 0. The van der Waals surface area contributed by atoms with Gasteiger partial charge in [0.1, 0.15) is 5.71 Å². The molecule has 1 saturated heterocycles. The van der Waals surface area contributed by atoms with Crippen LogP contribution in [0, 0.1) is 0 Å². The molecule has 0 radical (unpaired) electrons. The summed E-state index contributed by atoms with van der Waals surface area (Å²) in [6.07, 6.45) is 3.08. The summed E-state index contributed by atoms with van der Waals surface area (Å²) in [6, 6.07) is 13.6. The second kappa shape index (κ2) is 8.67. The van der Waals surface area contributed by atoms with E-state index in [1.807, 2.05) is 30.3 Å². The highest BCUT2D eigenvalue weighted by atomic mass is 32.1. The number of likely N-dealkylation sites (tertiary alicyclic amines) is 1. The molecule has 28 heavy (non-hydrogen) atoms. The highest BCUT2D eigenvalue weighted by molar-refractivity contribution is 7.10. The Morgan fingerprint density at radius 1 is 1.11 bits per heavy atom. The average Bonchev–Trinajstić information content (AvgIpc) is 3.44. The third-order valence-corrected chi connectivity index (χ3v) is 6.18. The molecule has 0 aliphatic carbocycles. The van der Waals surface area contributed by atoms with Gasteiger partial charge >= 0.3 is 0 Å². The number of benzene rings is 1. The first-order valence-corrected chi connectivity index (χ1v) is 10.6. The Hall–Kier alpha value is -2.51. The van der Waals surface area contributed by atoms with Crippen LogP contribution in [0.1, 0.15) is 36.6 Å². The molecule has 146 valence electrons. The van der Waals surface area contributed by atoms with E-state index in [9.17, 15) is 9.59 Å². The van der Waals surface area contributed by atoms with Gasteiger partial charge in [0.25, 0.3) is 5.91 Å². The van der Waals surface area contributed by atoms with Crippen molar-refractivity contribution in [3.63, 3.8) is 0 Å². The Bertz CT molecular complexity index is 845. The van der Waals surface area contributed by atoms with Gasteiger partial charge in [-0.15, -0.1) is 11.3 Å². The molecule has 1 N–H and O–H groups in total. The predicted molar refractivity (Wildman–Crippen MR) is 111 cm³/mol. The van der Waals surface area contributed by atoms with Gasteiger partial charge in [0.15, 0.2) is 0 Å². The maximum atomic E-state index is 12.8. The summed E-state index contributed by atoms with van der Waals surface area (Å²) in [6.45, 7) is 2.68. The van der Waals surface area contributed by atoms with Crippen molar-refractivity contribution in [2.24, 2.45) is 5.10 Å². The van der Waals surface area contributed by atoms with E-state index >= 15 is 0 Å². The number of amides is 2. The van der Waals surface area contributed by atoms with E-state index in [1.54, 1.807) is 11.3 Å². The Balaban J connectivity index is 1.45. The van der Waals surface area contributed by atoms with Gasteiger partial charge < -0.3 is 5.32 Å². The number of hydrazone groups is 1. The van der Waals surface area contributed by atoms with Gasteiger partial charge in [-0.05, 0) is 49.5 Å². The highest BCUT2D eigenvalue weighted by Crippen LogP contribution is 2.28. The molecular formula is C21H24N4O2S. The molecule has 0 bridgehead atoms. The van der Waals surface area contributed by atoms with Gasteiger partial charge in [-0.1, -0.05) is 24.3 Å². The van der Waals surface area contributed by atoms with Crippen LogP contribution in [0.2, 0.25) is 0 Å². The van der Waals surface area contributed by atoms with Crippen LogP contribution in [-0.2, 0) is 9.59 Å². The third-order valence-electron chi connectivity index (χ3n) is 5.20. The van der Waals surface area contributed by atoms with E-state index in [0.717, 1.165) is 13.1 Å². The largest absolute Gasteiger partial charge is 0.349 e. The van der Waals surface area contributed by atoms with E-state index in [4.69, 9.17) is 0 Å². The maximum Gasteiger partial charge on any atom is 0.267 e. The zero-order valence-corrected chi connectivity index (χ0v) is 16.5. The van der Waals surface area contributed by atoms with Crippen LogP contribution in [0.3, 0.4) is 0 Å². The number of nitrogens with zero attached hydrogens (tertiary/aromatic N) is 3. The van der Waals surface area contributed by atoms with Crippen LogP contribution in [0.15, 0.2) is 52.9 Å². The van der Waals surface area contributed by atoms with Crippen LogP contribution in [0.5, 0.6) is 0 Å². The normalized spacial score (nSPS) is 18.8. The summed E-state index contributed by atoms with van der Waals surface area (Å²) in [7, 11) is 0. The van der Waals surface area contributed by atoms with Crippen molar-refractivity contribution in [2.45, 2.75) is 31.7 Å². The standard InChI is InChI=1S/C21H24N4O2S/c26-20-11-10-17(23-25(20)16-7-2-1-3-8-16)21(27)22-15-18(19-9-6-14-28-19)24-12-4-5-13-24/h1-3,6-9,14,18H,4-5,10-13,15H2,(H,22,27). The Morgan fingerprint density at radius 2 is 1.89 bits per heavy atom. The maximum absolute atomic E-state index is 12.8. The molecule has 4 rings (SSSR count). The summed E-state index contributed by atoms with van der Waals surface area (Å²) in [5.41, 5.74) is 1.10. The minimum absolute atomic E-state index is 0.0868. The molecule has 2 aliphatic heterocycles. The van der Waals surface area contributed by atoms with Crippen LogP contribution in [0.25, 0.3) is 0 Å². The first kappa shape index (κ1) is 18.8. The van der Waals surface area contributed by atoms with Gasteiger partial charge in [-0.2, -0.15) is 5.10 Å². The Kier molecular flexibility index (Phi) is 5.83. The van der Waals surface area contributed by atoms with Crippen LogP contribution in [0.4, 0.5) is 5.69 Å². The molecule has 0 spiro atoms. The molecular weight excluding hydrogens is 372 g/mol. The molecule has 2 aromatic rings. The Morgan fingerprint density at radius 3 is 2.61 bits per heavy atom. The van der Waals surface area contributed by atoms with Crippen molar-refractivity contribution in [2.75, 3.05) is 24.6 Å². The molecule has 1 fully saturated rings. The van der Waals surface area contributed by atoms with E-state index in [1.165, 1.54) is 22.7 Å². The van der Waals surface area contributed by atoms with Gasteiger partial charge in [0.05, 0.1) is 11.7 Å². The predicted octanol–water partition coefficient (Wildman–Crippen LogP) is 3.18. The van der Waals surface area contributed by atoms with Gasteiger partial charge in [0.2, 0.25) is 5.91 Å². The number of hydrogen-bond donors (Lipinski definition) is 1. The zero-order chi connectivity index (χ0) is 19.3. The number of anilines is 1. The van der Waals surface area contributed by atoms with Gasteiger partial charge in [-0.25, -0.2) is 5.01 Å². The molecule has 1 aromatic carbocycles. The number of para-hydroxylation sites is 1. The SMILES string of the molecule is O=C(NCC(c1cccs1)N1CCCC1)C1=NN(c2ccccc2)C(=O)CC1. The van der Waals surface area contributed by atoms with Gasteiger partial charge in [0, 0.05) is 24.3 Å². The molecule has 2 aliphatic rings. The lowest BCUT2D eigenvalue weighted by Crippen LogP contribution is -2.42. The fourth-order valence-corrected chi connectivity index (χ4v) is 4.58. The van der Waals surface area contributed by atoms with E-state index < -0.39 is 0 Å². The van der Waals surface area contributed by atoms with Crippen molar-refractivity contribution >= 4 is 34.6 Å². The number of carbonyl (C=O) groups is 2. The first-order chi connectivity index (χ1) is 13.7. The zero-order valence-electron chi connectivity index (χ0n) is 15.7. The first-order valence-electron chi connectivity index (χ1n) is 9.73. The highest BCUT2D eigenvalue weighted by Gasteiger charge is 2.28. The number of hydrogen-bond acceptors (Lipinski definition) is 5. The summed E-state index contributed by atoms with van der Waals surface area (Å²) in [5, 5.41) is 10.8. The number of carbonyl (C=O) groups excluding carboxylic acids is 2. The summed E-state index contributed by atoms with van der Waals surface area (Å²) in [5.74, 6) is -0.273. The summed E-state index contributed by atoms with van der Waals surface area (Å²) in [4.78, 5) is 28.7. The number of nitrogens with one attached hydrogen (secondary N) is 1. The van der Waals surface area contributed by atoms with Crippen LogP contribution >= 0.6 is 11.3 Å². The number of thiophene rings is 1. The fourth-order valence-electron chi connectivity index (χ4n) is 3.72. The van der Waals surface area contributed by atoms with Crippen molar-refractivity contribution in [3.8, 4) is 0 Å². The average molecular weight is 397 g/mol. The monoisotopic (exact) mass is 396 g/mol. The lowest BCUT2D eigenvalue weighted by molar-refractivity contribution is -0.119. The van der Waals surface area contributed by atoms with E-state index in [0.29, 0.717) is 30.8 Å². The van der Waals surface area contributed by atoms with Crippen molar-refractivity contribution in [1.29, 1.82) is 0 Å². The number of rotatable bonds is 6. The smallest absolute Gasteiger partial charge is 0.267 e. The van der Waals surface area contributed by atoms with E-state index in [-0.39, 0.29) is 17.9 Å². The topological polar surface area (TPSA) is 65.0 Å². The quantitative estimate of drug-likeness (QED) is 0.816.